The van der Waals surface area contributed by atoms with Crippen LogP contribution in [0.2, 0.25) is 0 Å². The first kappa shape index (κ1) is 14.5. The van der Waals surface area contributed by atoms with Crippen LogP contribution in [0, 0.1) is 5.82 Å². The van der Waals surface area contributed by atoms with Gasteiger partial charge in [-0.3, -0.25) is 5.10 Å². The Morgan fingerprint density at radius 2 is 2.30 bits per heavy atom. The van der Waals surface area contributed by atoms with Crippen molar-refractivity contribution in [2.24, 2.45) is 0 Å². The topological polar surface area (TPSA) is 62.8 Å². The molecule has 1 atom stereocenters. The van der Waals surface area contributed by atoms with Crippen LogP contribution in [0.3, 0.4) is 0 Å². The van der Waals surface area contributed by atoms with Crippen LogP contribution in [0.4, 0.5) is 4.39 Å². The Kier molecular flexibility index (Phi) is 5.06. The highest BCUT2D eigenvalue weighted by molar-refractivity contribution is 5.30. The Morgan fingerprint density at radius 3 is 2.95 bits per heavy atom. The maximum atomic E-state index is 13.9. The van der Waals surface area contributed by atoms with Gasteiger partial charge in [-0.2, -0.15) is 5.10 Å². The lowest BCUT2D eigenvalue weighted by atomic mass is 10.1. The third-order valence-electron chi connectivity index (χ3n) is 3.18. The molecule has 0 amide bonds. The zero-order chi connectivity index (χ0) is 14.4. The van der Waals surface area contributed by atoms with Crippen LogP contribution in [0.5, 0.6) is 5.75 Å². The molecule has 0 bridgehead atoms. The fourth-order valence-corrected chi connectivity index (χ4v) is 2.02. The van der Waals surface area contributed by atoms with Gasteiger partial charge in [-0.1, -0.05) is 6.07 Å². The van der Waals surface area contributed by atoms with E-state index < -0.39 is 0 Å². The number of aromatic amines is 1. The first-order chi connectivity index (χ1) is 9.70. The molecule has 5 nitrogen and oxygen atoms in total. The summed E-state index contributed by atoms with van der Waals surface area (Å²) in [7, 11) is 1.53. The number of nitrogens with one attached hydrogen (secondary N) is 2. The molecule has 6 heteroatoms. The number of methoxy groups -OCH3 is 1. The van der Waals surface area contributed by atoms with Crippen LogP contribution in [-0.4, -0.2) is 28.8 Å². The number of halogens is 1. The maximum absolute atomic E-state index is 13.9. The molecule has 20 heavy (non-hydrogen) atoms. The van der Waals surface area contributed by atoms with E-state index in [-0.39, 0.29) is 11.9 Å². The molecule has 0 saturated carbocycles. The van der Waals surface area contributed by atoms with Crippen molar-refractivity contribution in [3.8, 4) is 5.75 Å². The van der Waals surface area contributed by atoms with Gasteiger partial charge in [-0.05, 0) is 26.0 Å². The molecule has 0 aliphatic rings. The van der Waals surface area contributed by atoms with E-state index in [2.05, 4.69) is 20.5 Å². The number of aromatic nitrogens is 3. The van der Waals surface area contributed by atoms with E-state index in [1.54, 1.807) is 12.1 Å². The molecular weight excluding hydrogens is 259 g/mol. The minimum atomic E-state index is -0.250. The molecule has 0 radical (unpaired) electrons. The van der Waals surface area contributed by atoms with Crippen molar-refractivity contribution in [1.29, 1.82) is 0 Å². The highest BCUT2D eigenvalue weighted by Crippen LogP contribution is 2.21. The van der Waals surface area contributed by atoms with Gasteiger partial charge >= 0.3 is 0 Å². The van der Waals surface area contributed by atoms with Gasteiger partial charge in [0.1, 0.15) is 23.7 Å². The summed E-state index contributed by atoms with van der Waals surface area (Å²) in [4.78, 5) is 4.06. The van der Waals surface area contributed by atoms with Crippen LogP contribution >= 0.6 is 0 Å². The van der Waals surface area contributed by atoms with Gasteiger partial charge in [-0.15, -0.1) is 0 Å². The van der Waals surface area contributed by atoms with Crippen LogP contribution in [-0.2, 0) is 6.42 Å². The number of rotatable bonds is 7. The molecule has 0 spiro atoms. The van der Waals surface area contributed by atoms with Crippen molar-refractivity contribution in [2.75, 3.05) is 13.7 Å². The summed E-state index contributed by atoms with van der Waals surface area (Å²) >= 11 is 0. The molecule has 0 saturated heterocycles. The molecule has 108 valence electrons. The molecular formula is C14H19FN4O. The molecule has 0 aliphatic carbocycles. The largest absolute Gasteiger partial charge is 0.497 e. The fraction of sp³-hybridized carbons (Fsp3) is 0.429. The minimum Gasteiger partial charge on any atom is -0.497 e. The van der Waals surface area contributed by atoms with Gasteiger partial charge in [-0.25, -0.2) is 9.37 Å². The SMILES string of the molecule is COc1ccc(C(C)NCCCc2ncn[nH]2)c(F)c1. The average Bonchev–Trinajstić information content (AvgIpc) is 2.96. The zero-order valence-electron chi connectivity index (χ0n) is 11.7. The summed E-state index contributed by atoms with van der Waals surface area (Å²) in [5, 5.41) is 9.91. The monoisotopic (exact) mass is 278 g/mol. The summed E-state index contributed by atoms with van der Waals surface area (Å²) in [6, 6.07) is 4.88. The zero-order valence-corrected chi connectivity index (χ0v) is 11.7. The molecule has 1 heterocycles. The Hall–Kier alpha value is -1.95. The van der Waals surface area contributed by atoms with Crippen LogP contribution in [0.15, 0.2) is 24.5 Å². The maximum Gasteiger partial charge on any atom is 0.137 e. The van der Waals surface area contributed by atoms with E-state index in [4.69, 9.17) is 4.74 Å². The van der Waals surface area contributed by atoms with Crippen molar-refractivity contribution in [3.05, 3.63) is 41.7 Å². The summed E-state index contributed by atoms with van der Waals surface area (Å²) in [6.45, 7) is 2.73. The molecule has 0 aliphatic heterocycles. The highest BCUT2D eigenvalue weighted by atomic mass is 19.1. The van der Waals surface area contributed by atoms with E-state index >= 15 is 0 Å². The lowest BCUT2D eigenvalue weighted by Gasteiger charge is -2.15. The molecule has 2 N–H and O–H groups in total. The number of benzene rings is 1. The number of nitrogens with zero attached hydrogens (tertiary/aromatic N) is 2. The second-order valence-electron chi connectivity index (χ2n) is 4.60. The second kappa shape index (κ2) is 7.00. The Morgan fingerprint density at radius 1 is 1.45 bits per heavy atom. The predicted octanol–water partition coefficient (Wildman–Crippen LogP) is 2.24. The van der Waals surface area contributed by atoms with Crippen molar-refractivity contribution in [1.82, 2.24) is 20.5 Å². The van der Waals surface area contributed by atoms with E-state index in [0.29, 0.717) is 11.3 Å². The highest BCUT2D eigenvalue weighted by Gasteiger charge is 2.11. The third kappa shape index (κ3) is 3.77. The average molecular weight is 278 g/mol. The Bertz CT molecular complexity index is 530. The van der Waals surface area contributed by atoms with E-state index in [1.807, 2.05) is 6.92 Å². The fourth-order valence-electron chi connectivity index (χ4n) is 2.02. The van der Waals surface area contributed by atoms with E-state index in [0.717, 1.165) is 25.2 Å². The molecule has 2 rings (SSSR count). The van der Waals surface area contributed by atoms with Gasteiger partial charge in [0.2, 0.25) is 0 Å². The van der Waals surface area contributed by atoms with Gasteiger partial charge < -0.3 is 10.1 Å². The third-order valence-corrected chi connectivity index (χ3v) is 3.18. The van der Waals surface area contributed by atoms with Crippen LogP contribution in [0.25, 0.3) is 0 Å². The van der Waals surface area contributed by atoms with Crippen molar-refractivity contribution >= 4 is 0 Å². The Balaban J connectivity index is 1.80. The van der Waals surface area contributed by atoms with Crippen molar-refractivity contribution in [3.63, 3.8) is 0 Å². The lowest BCUT2D eigenvalue weighted by molar-refractivity contribution is 0.409. The molecule has 1 aromatic heterocycles. The van der Waals surface area contributed by atoms with Gasteiger partial charge in [0.25, 0.3) is 0 Å². The van der Waals surface area contributed by atoms with E-state index in [1.165, 1.54) is 19.5 Å². The lowest BCUT2D eigenvalue weighted by Crippen LogP contribution is -2.21. The molecule has 0 fully saturated rings. The number of hydrogen-bond donors (Lipinski definition) is 2. The molecule has 1 unspecified atom stereocenters. The standard InChI is InChI=1S/C14H19FN4O/c1-10(12-6-5-11(20-2)8-13(12)15)16-7-3-4-14-17-9-18-19-14/h5-6,8-10,16H,3-4,7H2,1-2H3,(H,17,18,19). The Labute approximate surface area is 117 Å². The first-order valence-corrected chi connectivity index (χ1v) is 6.61. The summed E-state index contributed by atoms with van der Waals surface area (Å²) < 4.78 is 18.9. The van der Waals surface area contributed by atoms with E-state index in [9.17, 15) is 4.39 Å². The summed E-state index contributed by atoms with van der Waals surface area (Å²) in [5.74, 6) is 1.15. The van der Waals surface area contributed by atoms with Gasteiger partial charge in [0.15, 0.2) is 0 Å². The quantitative estimate of drug-likeness (QED) is 0.762. The van der Waals surface area contributed by atoms with Crippen molar-refractivity contribution < 1.29 is 9.13 Å². The number of H-pyrrole nitrogens is 1. The number of aryl methyl sites for hydroxylation is 1. The number of hydrogen-bond acceptors (Lipinski definition) is 4. The first-order valence-electron chi connectivity index (χ1n) is 6.61. The van der Waals surface area contributed by atoms with Crippen LogP contribution < -0.4 is 10.1 Å². The minimum absolute atomic E-state index is 0.0457. The van der Waals surface area contributed by atoms with Gasteiger partial charge in [0, 0.05) is 24.1 Å². The van der Waals surface area contributed by atoms with Crippen molar-refractivity contribution in [2.45, 2.75) is 25.8 Å². The summed E-state index contributed by atoms with van der Waals surface area (Å²) in [6.07, 6.45) is 3.24. The summed E-state index contributed by atoms with van der Waals surface area (Å²) in [5.41, 5.74) is 0.644. The molecule has 2 aromatic rings. The second-order valence-corrected chi connectivity index (χ2v) is 4.60. The van der Waals surface area contributed by atoms with Crippen LogP contribution in [0.1, 0.15) is 30.8 Å². The normalized spacial score (nSPS) is 12.3. The smallest absolute Gasteiger partial charge is 0.137 e. The molecule has 1 aromatic carbocycles. The predicted molar refractivity (Wildman–Crippen MR) is 74.1 cm³/mol. The van der Waals surface area contributed by atoms with Gasteiger partial charge in [0.05, 0.1) is 7.11 Å². The number of ether oxygens (including phenoxy) is 1.